The molecule has 0 spiro atoms. The van der Waals surface area contributed by atoms with Gasteiger partial charge in [0.2, 0.25) is 0 Å². The molecule has 16 heavy (non-hydrogen) atoms. The maximum Gasteiger partial charge on any atom is 1.00 e. The summed E-state index contributed by atoms with van der Waals surface area (Å²) in [6.45, 7) is 3.15. The average Bonchev–Trinajstić information content (AvgIpc) is 2.03. The molecule has 0 aliphatic rings. The second kappa shape index (κ2) is 9.33. The summed E-state index contributed by atoms with van der Waals surface area (Å²) in [4.78, 5) is 10.7. The van der Waals surface area contributed by atoms with E-state index in [1.165, 1.54) is 6.92 Å². The van der Waals surface area contributed by atoms with Gasteiger partial charge < -0.3 is 14.5 Å². The third-order valence-corrected chi connectivity index (χ3v) is 3.97. The van der Waals surface area contributed by atoms with E-state index in [2.05, 4.69) is 0 Å². The first kappa shape index (κ1) is 22.6. The summed E-state index contributed by atoms with van der Waals surface area (Å²) < 4.78 is 30.3. The summed E-state index contributed by atoms with van der Waals surface area (Å²) in [5.41, 5.74) is 0. The minimum atomic E-state index is -4.86. The molecule has 0 radical (unpaired) electrons. The Labute approximate surface area is 141 Å². The number of hydrogen-bond donors (Lipinski definition) is 0. The van der Waals surface area contributed by atoms with Crippen molar-refractivity contribution in [1.82, 2.24) is 0 Å². The third-order valence-electron chi connectivity index (χ3n) is 2.36. The van der Waals surface area contributed by atoms with Gasteiger partial charge in [-0.15, -0.1) is 0 Å². The molecule has 0 N–H and O–H groups in total. The van der Waals surface area contributed by atoms with Crippen LogP contribution in [0.15, 0.2) is 0 Å². The minimum absolute atomic E-state index is 0. The molecule has 0 aliphatic heterocycles. The van der Waals surface area contributed by atoms with Gasteiger partial charge in [0, 0.05) is 0 Å². The first-order valence-corrected chi connectivity index (χ1v) is 5.89. The van der Waals surface area contributed by atoms with E-state index in [9.17, 15) is 22.9 Å². The molecule has 0 aromatic carbocycles. The number of carbonyl (C=O) groups is 1. The van der Waals surface area contributed by atoms with Crippen LogP contribution in [0.3, 0.4) is 0 Å². The standard InChI is InChI=1S/C8H16O5S.2Na/c1-3-5-6-8(4-2,7(9)10)14(11,12)13;;/h3-6H2,1-2H3,(H,9,10)(H,11,12,13);;/q;2*+1/p-2. The fourth-order valence-electron chi connectivity index (χ4n) is 1.29. The average molecular weight is 268 g/mol. The molecular formula is C8H14Na2O5S. The molecule has 1 atom stereocenters. The number of aliphatic carboxylic acids is 1. The Morgan fingerprint density at radius 2 is 1.69 bits per heavy atom. The molecule has 0 rings (SSSR count). The van der Waals surface area contributed by atoms with Crippen LogP contribution in [0.25, 0.3) is 0 Å². The van der Waals surface area contributed by atoms with Crippen molar-refractivity contribution >= 4 is 16.1 Å². The van der Waals surface area contributed by atoms with Crippen molar-refractivity contribution < 1.29 is 82.0 Å². The first-order chi connectivity index (χ1) is 6.31. The molecule has 0 heterocycles. The fraction of sp³-hybridized carbons (Fsp3) is 0.875. The van der Waals surface area contributed by atoms with Crippen LogP contribution in [-0.4, -0.2) is 23.7 Å². The molecule has 5 nitrogen and oxygen atoms in total. The summed E-state index contributed by atoms with van der Waals surface area (Å²) in [6.07, 6.45) is 0.586. The van der Waals surface area contributed by atoms with Gasteiger partial charge in [-0.1, -0.05) is 26.7 Å². The normalized spacial score (nSPS) is 14.2. The van der Waals surface area contributed by atoms with Crippen LogP contribution in [-0.2, 0) is 14.9 Å². The van der Waals surface area contributed by atoms with Crippen LogP contribution in [0.2, 0.25) is 0 Å². The van der Waals surface area contributed by atoms with Gasteiger partial charge in [-0.05, 0) is 12.8 Å². The molecule has 0 aromatic rings. The quantitative estimate of drug-likeness (QED) is 0.352. The van der Waals surface area contributed by atoms with Gasteiger partial charge >= 0.3 is 59.1 Å². The molecule has 0 aliphatic carbocycles. The second-order valence-electron chi connectivity index (χ2n) is 3.19. The number of hydrogen-bond acceptors (Lipinski definition) is 5. The van der Waals surface area contributed by atoms with E-state index in [1.807, 2.05) is 0 Å². The summed E-state index contributed by atoms with van der Waals surface area (Å²) in [6, 6.07) is 0. The van der Waals surface area contributed by atoms with Crippen LogP contribution in [0.4, 0.5) is 0 Å². The van der Waals surface area contributed by atoms with Crippen molar-refractivity contribution in [2.75, 3.05) is 0 Å². The monoisotopic (exact) mass is 268 g/mol. The SMILES string of the molecule is CCCCC(CC)(C(=O)[O-])S(=O)(=O)[O-].[Na+].[Na+]. The summed E-state index contributed by atoms with van der Waals surface area (Å²) in [5.74, 6) is -1.79. The molecule has 1 unspecified atom stereocenters. The molecule has 0 bridgehead atoms. The van der Waals surface area contributed by atoms with Gasteiger partial charge in [-0.3, -0.25) is 0 Å². The van der Waals surface area contributed by atoms with Gasteiger partial charge in [0.25, 0.3) is 0 Å². The smallest absolute Gasteiger partial charge is 0.747 e. The molecular weight excluding hydrogens is 254 g/mol. The Hall–Kier alpha value is 1.38. The van der Waals surface area contributed by atoms with Crippen molar-refractivity contribution in [1.29, 1.82) is 0 Å². The van der Waals surface area contributed by atoms with Crippen LogP contribution in [0.1, 0.15) is 39.5 Å². The molecule has 84 valence electrons. The van der Waals surface area contributed by atoms with Gasteiger partial charge in [-0.25, -0.2) is 8.42 Å². The summed E-state index contributed by atoms with van der Waals surface area (Å²) in [7, 11) is -4.86. The fourth-order valence-corrected chi connectivity index (χ4v) is 2.24. The Morgan fingerprint density at radius 1 is 1.25 bits per heavy atom. The second-order valence-corrected chi connectivity index (χ2v) is 4.88. The number of carboxylic acid groups (broad SMARTS) is 1. The maximum atomic E-state index is 10.9. The van der Waals surface area contributed by atoms with E-state index in [1.54, 1.807) is 6.92 Å². The van der Waals surface area contributed by atoms with Crippen molar-refractivity contribution in [2.45, 2.75) is 44.3 Å². The zero-order valence-corrected chi connectivity index (χ0v) is 15.1. The van der Waals surface area contributed by atoms with E-state index in [0.717, 1.165) is 0 Å². The van der Waals surface area contributed by atoms with Crippen LogP contribution in [0, 0.1) is 0 Å². The van der Waals surface area contributed by atoms with Crippen molar-refractivity contribution in [3.63, 3.8) is 0 Å². The van der Waals surface area contributed by atoms with E-state index in [-0.39, 0.29) is 72.0 Å². The number of carboxylic acids is 1. The minimum Gasteiger partial charge on any atom is -0.747 e. The summed E-state index contributed by atoms with van der Waals surface area (Å²) in [5, 5.41) is 10.7. The number of carbonyl (C=O) groups excluding carboxylic acids is 1. The van der Waals surface area contributed by atoms with Gasteiger partial charge in [0.1, 0.15) is 10.1 Å². The Kier molecular flexibility index (Phi) is 13.1. The van der Waals surface area contributed by atoms with Crippen LogP contribution < -0.4 is 64.2 Å². The molecule has 8 heteroatoms. The predicted octanol–water partition coefficient (Wildman–Crippen LogP) is -6.37. The van der Waals surface area contributed by atoms with Crippen LogP contribution >= 0.6 is 0 Å². The Balaban J connectivity index is -0.000000845. The van der Waals surface area contributed by atoms with E-state index in [0.29, 0.717) is 12.8 Å². The number of unbranched alkanes of at least 4 members (excludes halogenated alkanes) is 1. The largest absolute Gasteiger partial charge is 1.00 e. The Bertz CT molecular complexity index is 304. The zero-order chi connectivity index (χ0) is 11.4. The van der Waals surface area contributed by atoms with Crippen molar-refractivity contribution in [2.24, 2.45) is 0 Å². The molecule has 0 saturated carbocycles. The van der Waals surface area contributed by atoms with Gasteiger partial charge in [0.05, 0.1) is 10.7 Å². The molecule has 0 aromatic heterocycles. The predicted molar refractivity (Wildman–Crippen MR) is 47.3 cm³/mol. The molecule has 0 amide bonds. The molecule has 0 saturated heterocycles. The Morgan fingerprint density at radius 3 is 1.88 bits per heavy atom. The zero-order valence-electron chi connectivity index (χ0n) is 10.3. The van der Waals surface area contributed by atoms with Crippen LogP contribution in [0.5, 0.6) is 0 Å². The van der Waals surface area contributed by atoms with Gasteiger partial charge in [-0.2, -0.15) is 0 Å². The third kappa shape index (κ3) is 5.35. The van der Waals surface area contributed by atoms with E-state index < -0.39 is 20.8 Å². The van der Waals surface area contributed by atoms with Crippen molar-refractivity contribution in [3.8, 4) is 0 Å². The number of rotatable bonds is 6. The van der Waals surface area contributed by atoms with Crippen molar-refractivity contribution in [3.05, 3.63) is 0 Å². The molecule has 0 fully saturated rings. The van der Waals surface area contributed by atoms with Gasteiger partial charge in [0.15, 0.2) is 0 Å². The maximum absolute atomic E-state index is 10.9. The topological polar surface area (TPSA) is 97.3 Å². The van der Waals surface area contributed by atoms with E-state index >= 15 is 0 Å². The van der Waals surface area contributed by atoms with E-state index in [4.69, 9.17) is 0 Å². The first-order valence-electron chi connectivity index (χ1n) is 4.48. The summed E-state index contributed by atoms with van der Waals surface area (Å²) >= 11 is 0.